The standard InChI is InChI=1S/C22H21N3O3S/c23-21(27)22(14-16-6-8-17(9-7-16)19-5-3-13-29-19)15-25(11-12-28-22)20(26)18-4-1-2-10-24-18/h1-10,13H,11-12,14-15H2,(H2,23,27)/t22-/m1/s1. The Morgan fingerprint density at radius 3 is 2.62 bits per heavy atom. The molecular weight excluding hydrogens is 386 g/mol. The topological polar surface area (TPSA) is 85.5 Å². The van der Waals surface area contributed by atoms with E-state index in [0.717, 1.165) is 11.1 Å². The Labute approximate surface area is 172 Å². The maximum atomic E-state index is 12.8. The van der Waals surface area contributed by atoms with Crippen LogP contribution in [0.15, 0.2) is 66.2 Å². The van der Waals surface area contributed by atoms with Crippen LogP contribution in [0.1, 0.15) is 16.1 Å². The number of ether oxygens (including phenoxy) is 1. The van der Waals surface area contributed by atoms with Crippen molar-refractivity contribution in [3.05, 3.63) is 77.4 Å². The number of primary amides is 1. The number of morpholine rings is 1. The van der Waals surface area contributed by atoms with E-state index >= 15 is 0 Å². The molecule has 0 aliphatic carbocycles. The molecule has 6 nitrogen and oxygen atoms in total. The molecule has 0 spiro atoms. The number of amides is 2. The fourth-order valence-electron chi connectivity index (χ4n) is 3.51. The second-order valence-corrected chi connectivity index (χ2v) is 7.95. The summed E-state index contributed by atoms with van der Waals surface area (Å²) in [5.41, 5.74) is 6.87. The highest BCUT2D eigenvalue weighted by molar-refractivity contribution is 7.13. The Kier molecular flexibility index (Phi) is 5.42. The van der Waals surface area contributed by atoms with Gasteiger partial charge in [0.1, 0.15) is 5.69 Å². The number of nitrogens with two attached hydrogens (primary N) is 1. The molecule has 0 radical (unpaired) electrons. The van der Waals surface area contributed by atoms with Gasteiger partial charge < -0.3 is 15.4 Å². The van der Waals surface area contributed by atoms with Crippen LogP contribution >= 0.6 is 11.3 Å². The van der Waals surface area contributed by atoms with E-state index in [-0.39, 0.29) is 19.1 Å². The molecule has 0 saturated carbocycles. The minimum atomic E-state index is -1.26. The Balaban J connectivity index is 1.54. The van der Waals surface area contributed by atoms with Gasteiger partial charge in [0.2, 0.25) is 0 Å². The minimum absolute atomic E-state index is 0.102. The molecule has 2 aromatic heterocycles. The fourth-order valence-corrected chi connectivity index (χ4v) is 4.24. The molecule has 1 aliphatic heterocycles. The van der Waals surface area contributed by atoms with Crippen molar-refractivity contribution in [2.45, 2.75) is 12.0 Å². The average molecular weight is 407 g/mol. The molecule has 1 aromatic carbocycles. The van der Waals surface area contributed by atoms with Gasteiger partial charge in [-0.25, -0.2) is 0 Å². The summed E-state index contributed by atoms with van der Waals surface area (Å²) >= 11 is 1.67. The molecule has 3 aromatic rings. The SMILES string of the molecule is NC(=O)[C@@]1(Cc2ccc(-c3cccs3)cc2)CN(C(=O)c2ccccn2)CCO1. The van der Waals surface area contributed by atoms with Gasteiger partial charge in [0.25, 0.3) is 11.8 Å². The number of carbonyl (C=O) groups excluding carboxylic acids is 2. The lowest BCUT2D eigenvalue weighted by atomic mass is 9.91. The monoisotopic (exact) mass is 407 g/mol. The Hall–Kier alpha value is -3.03. The van der Waals surface area contributed by atoms with Gasteiger partial charge in [-0.3, -0.25) is 14.6 Å². The number of nitrogens with zero attached hydrogens (tertiary/aromatic N) is 2. The summed E-state index contributed by atoms with van der Waals surface area (Å²) in [6, 6.07) is 17.2. The normalized spacial score (nSPS) is 19.1. The number of hydrogen-bond donors (Lipinski definition) is 1. The second-order valence-electron chi connectivity index (χ2n) is 7.00. The molecule has 1 aliphatic rings. The van der Waals surface area contributed by atoms with E-state index in [1.807, 2.05) is 35.7 Å². The molecule has 2 amide bonds. The van der Waals surface area contributed by atoms with Gasteiger partial charge in [-0.2, -0.15) is 0 Å². The van der Waals surface area contributed by atoms with Crippen LogP contribution in [0, 0.1) is 0 Å². The number of benzene rings is 1. The molecule has 1 fully saturated rings. The van der Waals surface area contributed by atoms with Gasteiger partial charge in [0, 0.05) is 24.0 Å². The Morgan fingerprint density at radius 1 is 1.14 bits per heavy atom. The fraction of sp³-hybridized carbons (Fsp3) is 0.227. The van der Waals surface area contributed by atoms with Gasteiger partial charge in [-0.15, -0.1) is 11.3 Å². The zero-order valence-electron chi connectivity index (χ0n) is 15.8. The summed E-state index contributed by atoms with van der Waals surface area (Å²) in [6.45, 7) is 0.737. The lowest BCUT2D eigenvalue weighted by Gasteiger charge is -2.40. The number of carbonyl (C=O) groups is 2. The van der Waals surface area contributed by atoms with Crippen molar-refractivity contribution >= 4 is 23.2 Å². The molecule has 148 valence electrons. The summed E-state index contributed by atoms with van der Waals surface area (Å²) in [5, 5.41) is 2.04. The van der Waals surface area contributed by atoms with Crippen molar-refractivity contribution in [3.63, 3.8) is 0 Å². The highest BCUT2D eigenvalue weighted by Gasteiger charge is 2.44. The molecule has 29 heavy (non-hydrogen) atoms. The van der Waals surface area contributed by atoms with Crippen LogP contribution in [0.5, 0.6) is 0 Å². The van der Waals surface area contributed by atoms with E-state index in [2.05, 4.69) is 11.1 Å². The average Bonchev–Trinajstić information content (AvgIpc) is 3.29. The number of aromatic nitrogens is 1. The van der Waals surface area contributed by atoms with Crippen LogP contribution < -0.4 is 5.73 Å². The Bertz CT molecular complexity index is 990. The first-order valence-electron chi connectivity index (χ1n) is 9.34. The van der Waals surface area contributed by atoms with Gasteiger partial charge >= 0.3 is 0 Å². The highest BCUT2D eigenvalue weighted by Crippen LogP contribution is 2.28. The first-order chi connectivity index (χ1) is 14.1. The highest BCUT2D eigenvalue weighted by atomic mass is 32.1. The van der Waals surface area contributed by atoms with Crippen LogP contribution in [-0.4, -0.2) is 47.0 Å². The third-order valence-corrected chi connectivity index (χ3v) is 5.97. The molecule has 1 atom stereocenters. The molecule has 3 heterocycles. The summed E-state index contributed by atoms with van der Waals surface area (Å²) in [6.07, 6.45) is 1.88. The van der Waals surface area contributed by atoms with E-state index in [1.54, 1.807) is 40.6 Å². The predicted molar refractivity (Wildman–Crippen MR) is 111 cm³/mol. The van der Waals surface area contributed by atoms with Crippen molar-refractivity contribution in [2.24, 2.45) is 5.73 Å². The van der Waals surface area contributed by atoms with Crippen molar-refractivity contribution in [1.29, 1.82) is 0 Å². The quantitative estimate of drug-likeness (QED) is 0.705. The molecular formula is C22H21N3O3S. The summed E-state index contributed by atoms with van der Waals surface area (Å²) in [4.78, 5) is 32.1. The van der Waals surface area contributed by atoms with Crippen LogP contribution in [0.4, 0.5) is 0 Å². The van der Waals surface area contributed by atoms with Crippen molar-refractivity contribution < 1.29 is 14.3 Å². The maximum Gasteiger partial charge on any atom is 0.272 e. The van der Waals surface area contributed by atoms with E-state index in [1.165, 1.54) is 4.88 Å². The second kappa shape index (κ2) is 8.14. The molecule has 7 heteroatoms. The van der Waals surface area contributed by atoms with Crippen LogP contribution in [0.25, 0.3) is 10.4 Å². The zero-order chi connectivity index (χ0) is 20.3. The first kappa shape index (κ1) is 19.3. The molecule has 0 bridgehead atoms. The smallest absolute Gasteiger partial charge is 0.272 e. The lowest BCUT2D eigenvalue weighted by molar-refractivity contribution is -0.153. The van der Waals surface area contributed by atoms with Gasteiger partial charge in [0.05, 0.1) is 13.2 Å². The minimum Gasteiger partial charge on any atom is -0.367 e. The Morgan fingerprint density at radius 2 is 1.97 bits per heavy atom. The molecule has 4 rings (SSSR count). The third-order valence-electron chi connectivity index (χ3n) is 5.06. The zero-order valence-corrected chi connectivity index (χ0v) is 16.6. The van der Waals surface area contributed by atoms with Crippen LogP contribution in [0.2, 0.25) is 0 Å². The van der Waals surface area contributed by atoms with Crippen LogP contribution in [-0.2, 0) is 16.0 Å². The van der Waals surface area contributed by atoms with Crippen LogP contribution in [0.3, 0.4) is 0 Å². The number of rotatable bonds is 5. The molecule has 0 unspecified atom stereocenters. The predicted octanol–water partition coefficient (Wildman–Crippen LogP) is 2.75. The van der Waals surface area contributed by atoms with Gasteiger partial charge in [-0.1, -0.05) is 36.4 Å². The van der Waals surface area contributed by atoms with E-state index in [0.29, 0.717) is 18.7 Å². The van der Waals surface area contributed by atoms with E-state index < -0.39 is 11.5 Å². The van der Waals surface area contributed by atoms with Gasteiger partial charge in [-0.05, 0) is 34.7 Å². The lowest BCUT2D eigenvalue weighted by Crippen LogP contribution is -2.61. The van der Waals surface area contributed by atoms with Crippen molar-refractivity contribution in [3.8, 4) is 10.4 Å². The number of thiophene rings is 1. The third kappa shape index (κ3) is 4.06. The molecule has 2 N–H and O–H groups in total. The van der Waals surface area contributed by atoms with Crippen molar-refractivity contribution in [2.75, 3.05) is 19.7 Å². The largest absolute Gasteiger partial charge is 0.367 e. The number of hydrogen-bond acceptors (Lipinski definition) is 5. The van der Waals surface area contributed by atoms with E-state index in [9.17, 15) is 9.59 Å². The molecule has 1 saturated heterocycles. The van der Waals surface area contributed by atoms with Gasteiger partial charge in [0.15, 0.2) is 5.60 Å². The number of pyridine rings is 1. The van der Waals surface area contributed by atoms with Crippen molar-refractivity contribution in [1.82, 2.24) is 9.88 Å². The summed E-state index contributed by atoms with van der Waals surface area (Å²) in [7, 11) is 0. The maximum absolute atomic E-state index is 12.8. The summed E-state index contributed by atoms with van der Waals surface area (Å²) in [5.74, 6) is -0.800. The van der Waals surface area contributed by atoms with E-state index in [4.69, 9.17) is 10.5 Å². The summed E-state index contributed by atoms with van der Waals surface area (Å²) < 4.78 is 5.86. The first-order valence-corrected chi connectivity index (χ1v) is 10.2.